The Morgan fingerprint density at radius 1 is 1.33 bits per heavy atom. The molecule has 0 spiro atoms. The van der Waals surface area contributed by atoms with E-state index in [0.29, 0.717) is 0 Å². The molecule has 1 atom stereocenters. The zero-order valence-electron chi connectivity index (χ0n) is 11.0. The van der Waals surface area contributed by atoms with Crippen LogP contribution in [0.1, 0.15) is 30.4 Å². The summed E-state index contributed by atoms with van der Waals surface area (Å²) in [7, 11) is 0. The first-order valence-electron chi connectivity index (χ1n) is 6.28. The quantitative estimate of drug-likeness (QED) is 0.866. The molecule has 2 N–H and O–H groups in total. The number of piperidine rings is 1. The Labute approximate surface area is 115 Å². The fourth-order valence-corrected chi connectivity index (χ4v) is 2.17. The van der Waals surface area contributed by atoms with Crippen LogP contribution >= 0.6 is 12.4 Å². The maximum atomic E-state index is 12.1. The highest BCUT2D eigenvalue weighted by molar-refractivity contribution is 5.95. The highest BCUT2D eigenvalue weighted by atomic mass is 35.5. The number of nitrogens with one attached hydrogen (secondary N) is 2. The Bertz CT molecular complexity index is 414. The second-order valence-electron chi connectivity index (χ2n) is 4.81. The lowest BCUT2D eigenvalue weighted by atomic mass is 10.0. The van der Waals surface area contributed by atoms with Crippen molar-refractivity contribution < 1.29 is 4.79 Å². The average molecular weight is 269 g/mol. The van der Waals surface area contributed by atoms with Gasteiger partial charge in [0, 0.05) is 5.69 Å². The van der Waals surface area contributed by atoms with Crippen molar-refractivity contribution in [3.8, 4) is 0 Å². The third-order valence-corrected chi connectivity index (χ3v) is 3.28. The van der Waals surface area contributed by atoms with Gasteiger partial charge >= 0.3 is 0 Å². The maximum Gasteiger partial charge on any atom is 0.241 e. The van der Waals surface area contributed by atoms with Crippen LogP contribution in [0.2, 0.25) is 0 Å². The van der Waals surface area contributed by atoms with Crippen molar-refractivity contribution in [2.75, 3.05) is 11.9 Å². The molecule has 1 aliphatic rings. The minimum Gasteiger partial charge on any atom is -0.324 e. The van der Waals surface area contributed by atoms with Gasteiger partial charge in [0.1, 0.15) is 0 Å². The molecule has 2 rings (SSSR count). The van der Waals surface area contributed by atoms with Crippen molar-refractivity contribution in [2.45, 2.75) is 39.2 Å². The van der Waals surface area contributed by atoms with Crippen LogP contribution in [0.5, 0.6) is 0 Å². The van der Waals surface area contributed by atoms with E-state index in [1.54, 1.807) is 0 Å². The highest BCUT2D eigenvalue weighted by Gasteiger charge is 2.20. The van der Waals surface area contributed by atoms with E-state index in [0.717, 1.165) is 30.6 Å². The molecule has 0 aliphatic carbocycles. The van der Waals surface area contributed by atoms with E-state index in [2.05, 4.69) is 16.7 Å². The number of carbonyl (C=O) groups excluding carboxylic acids is 1. The molecule has 1 saturated heterocycles. The third kappa shape index (κ3) is 3.72. The molecule has 1 aromatic carbocycles. The number of rotatable bonds is 2. The van der Waals surface area contributed by atoms with Gasteiger partial charge in [-0.05, 0) is 50.4 Å². The van der Waals surface area contributed by atoms with E-state index in [1.807, 2.05) is 26.0 Å². The minimum absolute atomic E-state index is 0. The SMILES string of the molecule is Cc1ccc(C)c(NC(=O)[C@H]2CCCCN2)c1.Cl. The zero-order chi connectivity index (χ0) is 12.3. The number of hydrogen-bond donors (Lipinski definition) is 2. The second kappa shape index (κ2) is 6.76. The molecular weight excluding hydrogens is 248 g/mol. The van der Waals surface area contributed by atoms with Gasteiger partial charge in [-0.2, -0.15) is 0 Å². The molecule has 18 heavy (non-hydrogen) atoms. The second-order valence-corrected chi connectivity index (χ2v) is 4.81. The van der Waals surface area contributed by atoms with Crippen LogP contribution < -0.4 is 10.6 Å². The van der Waals surface area contributed by atoms with Crippen molar-refractivity contribution >= 4 is 24.0 Å². The Kier molecular flexibility index (Phi) is 5.63. The van der Waals surface area contributed by atoms with Crippen LogP contribution in [0.3, 0.4) is 0 Å². The van der Waals surface area contributed by atoms with Crippen molar-refractivity contribution in [3.05, 3.63) is 29.3 Å². The van der Waals surface area contributed by atoms with Gasteiger partial charge in [0.15, 0.2) is 0 Å². The fourth-order valence-electron chi connectivity index (χ4n) is 2.17. The Morgan fingerprint density at radius 2 is 2.11 bits per heavy atom. The minimum atomic E-state index is -0.0244. The smallest absolute Gasteiger partial charge is 0.241 e. The van der Waals surface area contributed by atoms with Crippen molar-refractivity contribution in [1.29, 1.82) is 0 Å². The lowest BCUT2D eigenvalue weighted by Gasteiger charge is -2.23. The van der Waals surface area contributed by atoms with Crippen molar-refractivity contribution in [3.63, 3.8) is 0 Å². The molecule has 4 heteroatoms. The van der Waals surface area contributed by atoms with Gasteiger partial charge in [-0.3, -0.25) is 4.79 Å². The Balaban J connectivity index is 0.00000162. The molecule has 0 unspecified atom stereocenters. The largest absolute Gasteiger partial charge is 0.324 e. The molecule has 1 aliphatic heterocycles. The number of aryl methyl sites for hydroxylation is 2. The Hall–Kier alpha value is -1.06. The van der Waals surface area contributed by atoms with E-state index in [9.17, 15) is 4.79 Å². The predicted molar refractivity (Wildman–Crippen MR) is 77.4 cm³/mol. The molecule has 3 nitrogen and oxygen atoms in total. The summed E-state index contributed by atoms with van der Waals surface area (Å²) in [5, 5.41) is 6.28. The predicted octanol–water partition coefficient (Wildman–Crippen LogP) is 2.81. The van der Waals surface area contributed by atoms with Gasteiger partial charge in [0.2, 0.25) is 5.91 Å². The maximum absolute atomic E-state index is 12.1. The molecule has 0 bridgehead atoms. The lowest BCUT2D eigenvalue weighted by molar-refractivity contribution is -0.118. The van der Waals surface area contributed by atoms with Gasteiger partial charge in [-0.25, -0.2) is 0 Å². The summed E-state index contributed by atoms with van der Waals surface area (Å²) in [4.78, 5) is 12.1. The topological polar surface area (TPSA) is 41.1 Å². The summed E-state index contributed by atoms with van der Waals surface area (Å²) in [5.74, 6) is 0.0957. The molecule has 1 fully saturated rings. The number of hydrogen-bond acceptors (Lipinski definition) is 2. The van der Waals surface area contributed by atoms with E-state index in [4.69, 9.17) is 0 Å². The first-order valence-corrected chi connectivity index (χ1v) is 6.28. The summed E-state index contributed by atoms with van der Waals surface area (Å²) in [6, 6.07) is 6.10. The lowest BCUT2D eigenvalue weighted by Crippen LogP contribution is -2.43. The fraction of sp³-hybridized carbons (Fsp3) is 0.500. The molecule has 1 aromatic rings. The van der Waals surface area contributed by atoms with Crippen molar-refractivity contribution in [1.82, 2.24) is 5.32 Å². The van der Waals surface area contributed by atoms with Gasteiger partial charge in [0.05, 0.1) is 6.04 Å². The Morgan fingerprint density at radius 3 is 2.78 bits per heavy atom. The molecule has 1 heterocycles. The van der Waals surface area contributed by atoms with E-state index < -0.39 is 0 Å². The van der Waals surface area contributed by atoms with Crippen LogP contribution in [0.25, 0.3) is 0 Å². The van der Waals surface area contributed by atoms with E-state index in [-0.39, 0.29) is 24.4 Å². The van der Waals surface area contributed by atoms with Crippen LogP contribution in [-0.4, -0.2) is 18.5 Å². The highest BCUT2D eigenvalue weighted by Crippen LogP contribution is 2.17. The molecule has 0 radical (unpaired) electrons. The summed E-state index contributed by atoms with van der Waals surface area (Å²) < 4.78 is 0. The number of amides is 1. The number of halogens is 1. The van der Waals surface area contributed by atoms with E-state index >= 15 is 0 Å². The molecule has 100 valence electrons. The summed E-state index contributed by atoms with van der Waals surface area (Å²) in [5.41, 5.74) is 3.21. The summed E-state index contributed by atoms with van der Waals surface area (Å²) in [6.07, 6.45) is 3.25. The zero-order valence-corrected chi connectivity index (χ0v) is 11.8. The van der Waals surface area contributed by atoms with E-state index in [1.165, 1.54) is 12.0 Å². The first-order chi connectivity index (χ1) is 8.16. The van der Waals surface area contributed by atoms with Gasteiger partial charge in [-0.1, -0.05) is 18.6 Å². The first kappa shape index (κ1) is 15.0. The molecule has 1 amide bonds. The summed E-state index contributed by atoms with van der Waals surface area (Å²) >= 11 is 0. The number of benzene rings is 1. The number of carbonyl (C=O) groups is 1. The summed E-state index contributed by atoms with van der Waals surface area (Å²) in [6.45, 7) is 5.00. The van der Waals surface area contributed by atoms with Gasteiger partial charge in [-0.15, -0.1) is 12.4 Å². The monoisotopic (exact) mass is 268 g/mol. The van der Waals surface area contributed by atoms with Crippen LogP contribution in [0, 0.1) is 13.8 Å². The van der Waals surface area contributed by atoms with Crippen molar-refractivity contribution in [2.24, 2.45) is 0 Å². The molecule has 0 aromatic heterocycles. The van der Waals surface area contributed by atoms with Gasteiger partial charge in [0.25, 0.3) is 0 Å². The standard InChI is InChI=1S/C14H20N2O.ClH/c1-10-6-7-11(2)13(9-10)16-14(17)12-5-3-4-8-15-12;/h6-7,9,12,15H,3-5,8H2,1-2H3,(H,16,17);1H/t12-;/m1./s1. The third-order valence-electron chi connectivity index (χ3n) is 3.28. The molecule has 0 saturated carbocycles. The van der Waals surface area contributed by atoms with Crippen LogP contribution in [0.15, 0.2) is 18.2 Å². The van der Waals surface area contributed by atoms with Gasteiger partial charge < -0.3 is 10.6 Å². The average Bonchev–Trinajstić information content (AvgIpc) is 2.35. The molecular formula is C14H21ClN2O. The number of anilines is 1. The normalized spacial score (nSPS) is 18.9. The van der Waals surface area contributed by atoms with Crippen LogP contribution in [0.4, 0.5) is 5.69 Å². The van der Waals surface area contributed by atoms with Crippen LogP contribution in [-0.2, 0) is 4.79 Å².